The highest BCUT2D eigenvalue weighted by Crippen LogP contribution is 2.33. The van der Waals surface area contributed by atoms with Gasteiger partial charge in [0, 0.05) is 13.3 Å². The molecule has 0 fully saturated rings. The first kappa shape index (κ1) is 10.8. The highest BCUT2D eigenvalue weighted by molar-refractivity contribution is 5.28. The minimum atomic E-state index is -4.51. The second-order valence-corrected chi connectivity index (χ2v) is 2.40. The van der Waals surface area contributed by atoms with Crippen molar-refractivity contribution in [3.8, 4) is 5.75 Å². The summed E-state index contributed by atoms with van der Waals surface area (Å²) >= 11 is 0. The third kappa shape index (κ3) is 2.59. The molecule has 0 spiro atoms. The number of nitrogens with zero attached hydrogens (tertiary/aromatic N) is 1. The Morgan fingerprint density at radius 3 is 2.71 bits per heavy atom. The van der Waals surface area contributed by atoms with Crippen LogP contribution >= 0.6 is 0 Å². The summed E-state index contributed by atoms with van der Waals surface area (Å²) in [5, 5.41) is 0. The van der Waals surface area contributed by atoms with Gasteiger partial charge in [0.15, 0.2) is 18.2 Å². The van der Waals surface area contributed by atoms with Crippen LogP contribution in [0.15, 0.2) is 18.3 Å². The van der Waals surface area contributed by atoms with E-state index >= 15 is 0 Å². The smallest absolute Gasteiger partial charge is 0.437 e. The van der Waals surface area contributed by atoms with Gasteiger partial charge in [-0.1, -0.05) is 0 Å². The van der Waals surface area contributed by atoms with E-state index in [1.807, 2.05) is 0 Å². The summed E-state index contributed by atoms with van der Waals surface area (Å²) in [5.41, 5.74) is -1.04. The molecule has 1 heterocycles. The van der Waals surface area contributed by atoms with E-state index in [-0.39, 0.29) is 12.5 Å². The summed E-state index contributed by atoms with van der Waals surface area (Å²) in [6.45, 7) is -0.241. The van der Waals surface area contributed by atoms with Gasteiger partial charge in [-0.25, -0.2) is 4.98 Å². The molecule has 78 valence electrons. The quantitative estimate of drug-likeness (QED) is 0.711. The minimum Gasteiger partial charge on any atom is -0.465 e. The van der Waals surface area contributed by atoms with E-state index in [1.54, 1.807) is 0 Å². The van der Waals surface area contributed by atoms with Gasteiger partial charge in [0.05, 0.1) is 0 Å². The van der Waals surface area contributed by atoms with Crippen LogP contribution < -0.4 is 4.74 Å². The SMILES string of the molecule is COCOc1cccnc1C(F)(F)F. The molecule has 3 nitrogen and oxygen atoms in total. The lowest BCUT2D eigenvalue weighted by molar-refractivity contribution is -0.143. The average molecular weight is 207 g/mol. The number of rotatable bonds is 3. The Morgan fingerprint density at radius 1 is 1.43 bits per heavy atom. The number of ether oxygens (including phenoxy) is 2. The Bertz CT molecular complexity index is 301. The minimum absolute atomic E-state index is 0.241. The monoisotopic (exact) mass is 207 g/mol. The maximum atomic E-state index is 12.3. The van der Waals surface area contributed by atoms with Crippen LogP contribution in [-0.2, 0) is 10.9 Å². The molecule has 1 rings (SSSR count). The van der Waals surface area contributed by atoms with Gasteiger partial charge in [-0.15, -0.1) is 0 Å². The zero-order valence-corrected chi connectivity index (χ0v) is 7.34. The van der Waals surface area contributed by atoms with Crippen molar-refractivity contribution in [3.05, 3.63) is 24.0 Å². The molecule has 0 aliphatic rings. The molecule has 0 aliphatic heterocycles. The average Bonchev–Trinajstić information content (AvgIpc) is 2.14. The molecule has 0 aliphatic carbocycles. The molecular weight excluding hydrogens is 199 g/mol. The standard InChI is InChI=1S/C8H8F3NO2/c1-13-5-14-6-3-2-4-12-7(6)8(9,10)11/h2-4H,5H2,1H3. The molecule has 1 aromatic rings. The molecule has 0 atom stereocenters. The summed E-state index contributed by atoms with van der Waals surface area (Å²) in [4.78, 5) is 3.20. The fourth-order valence-electron chi connectivity index (χ4n) is 0.842. The normalized spacial score (nSPS) is 11.4. The number of halogens is 3. The molecule has 0 saturated carbocycles. The number of methoxy groups -OCH3 is 1. The van der Waals surface area contributed by atoms with Gasteiger partial charge in [0.2, 0.25) is 0 Å². The molecule has 0 aromatic carbocycles. The van der Waals surface area contributed by atoms with Gasteiger partial charge in [0.1, 0.15) is 0 Å². The molecule has 0 bridgehead atoms. The number of hydrogen-bond acceptors (Lipinski definition) is 3. The number of aromatic nitrogens is 1. The lowest BCUT2D eigenvalue weighted by atomic mass is 10.3. The molecule has 0 saturated heterocycles. The maximum Gasteiger partial charge on any atom is 0.437 e. The van der Waals surface area contributed by atoms with Crippen LogP contribution in [0.1, 0.15) is 5.69 Å². The van der Waals surface area contributed by atoms with Crippen molar-refractivity contribution >= 4 is 0 Å². The van der Waals surface area contributed by atoms with Crippen LogP contribution in [0.2, 0.25) is 0 Å². The van der Waals surface area contributed by atoms with Crippen molar-refractivity contribution in [2.24, 2.45) is 0 Å². The van der Waals surface area contributed by atoms with Gasteiger partial charge < -0.3 is 9.47 Å². The Hall–Kier alpha value is -1.30. The van der Waals surface area contributed by atoms with E-state index in [9.17, 15) is 13.2 Å². The predicted octanol–water partition coefficient (Wildman–Crippen LogP) is 2.08. The molecule has 6 heteroatoms. The van der Waals surface area contributed by atoms with Crippen molar-refractivity contribution in [2.45, 2.75) is 6.18 Å². The van der Waals surface area contributed by atoms with E-state index in [0.29, 0.717) is 0 Å². The largest absolute Gasteiger partial charge is 0.465 e. The Labute approximate surface area is 78.5 Å². The fourth-order valence-corrected chi connectivity index (χ4v) is 0.842. The molecule has 0 amide bonds. The van der Waals surface area contributed by atoms with Gasteiger partial charge in [-0.3, -0.25) is 0 Å². The second-order valence-electron chi connectivity index (χ2n) is 2.40. The number of alkyl halides is 3. The van der Waals surface area contributed by atoms with E-state index in [0.717, 1.165) is 6.20 Å². The molecule has 0 unspecified atom stereocenters. The third-order valence-corrected chi connectivity index (χ3v) is 1.37. The number of pyridine rings is 1. The van der Waals surface area contributed by atoms with E-state index in [1.165, 1.54) is 19.2 Å². The predicted molar refractivity (Wildman–Crippen MR) is 41.7 cm³/mol. The fraction of sp³-hybridized carbons (Fsp3) is 0.375. The van der Waals surface area contributed by atoms with Crippen LogP contribution in [0.3, 0.4) is 0 Å². The van der Waals surface area contributed by atoms with E-state index < -0.39 is 11.9 Å². The first-order valence-corrected chi connectivity index (χ1v) is 3.69. The summed E-state index contributed by atoms with van der Waals surface area (Å²) in [7, 11) is 1.32. The molecule has 0 N–H and O–H groups in total. The molecule has 1 aromatic heterocycles. The summed E-state index contributed by atoms with van der Waals surface area (Å²) in [6, 6.07) is 2.55. The maximum absolute atomic E-state index is 12.3. The zero-order chi connectivity index (χ0) is 10.6. The van der Waals surface area contributed by atoms with Crippen molar-refractivity contribution in [3.63, 3.8) is 0 Å². The van der Waals surface area contributed by atoms with Crippen LogP contribution in [-0.4, -0.2) is 18.9 Å². The van der Waals surface area contributed by atoms with Crippen LogP contribution in [0.5, 0.6) is 5.75 Å². The van der Waals surface area contributed by atoms with Gasteiger partial charge in [-0.05, 0) is 12.1 Å². The summed E-state index contributed by atoms with van der Waals surface area (Å²) < 4.78 is 46.1. The Balaban J connectivity index is 2.92. The highest BCUT2D eigenvalue weighted by atomic mass is 19.4. The van der Waals surface area contributed by atoms with E-state index in [2.05, 4.69) is 9.72 Å². The first-order valence-electron chi connectivity index (χ1n) is 3.69. The molecule has 0 radical (unpaired) electrons. The lowest BCUT2D eigenvalue weighted by Gasteiger charge is -2.11. The third-order valence-electron chi connectivity index (χ3n) is 1.37. The van der Waals surface area contributed by atoms with Crippen LogP contribution in [0.25, 0.3) is 0 Å². The first-order chi connectivity index (χ1) is 6.55. The van der Waals surface area contributed by atoms with Crippen molar-refractivity contribution in [1.82, 2.24) is 4.98 Å². The van der Waals surface area contributed by atoms with Crippen LogP contribution in [0.4, 0.5) is 13.2 Å². The van der Waals surface area contributed by atoms with Crippen molar-refractivity contribution < 1.29 is 22.6 Å². The molecular formula is C8H8F3NO2. The zero-order valence-electron chi connectivity index (χ0n) is 7.34. The lowest BCUT2D eigenvalue weighted by Crippen LogP contribution is -2.11. The highest BCUT2D eigenvalue weighted by Gasteiger charge is 2.36. The summed E-state index contributed by atoms with van der Waals surface area (Å²) in [5.74, 6) is -0.332. The molecule has 14 heavy (non-hydrogen) atoms. The summed E-state index contributed by atoms with van der Waals surface area (Å²) in [6.07, 6.45) is -3.45. The second kappa shape index (κ2) is 4.28. The Kier molecular flexibility index (Phi) is 3.29. The van der Waals surface area contributed by atoms with Crippen LogP contribution in [0, 0.1) is 0 Å². The van der Waals surface area contributed by atoms with Gasteiger partial charge in [0.25, 0.3) is 0 Å². The Morgan fingerprint density at radius 2 is 2.14 bits per heavy atom. The van der Waals surface area contributed by atoms with Gasteiger partial charge >= 0.3 is 6.18 Å². The van der Waals surface area contributed by atoms with E-state index in [4.69, 9.17) is 4.74 Å². The van der Waals surface area contributed by atoms with Gasteiger partial charge in [-0.2, -0.15) is 13.2 Å². The van der Waals surface area contributed by atoms with Crippen molar-refractivity contribution in [1.29, 1.82) is 0 Å². The number of hydrogen-bond donors (Lipinski definition) is 0. The topological polar surface area (TPSA) is 31.4 Å². The van der Waals surface area contributed by atoms with Crippen molar-refractivity contribution in [2.75, 3.05) is 13.9 Å².